The van der Waals surface area contributed by atoms with Crippen molar-refractivity contribution in [2.45, 2.75) is 6.92 Å². The minimum absolute atomic E-state index is 0.186. The SMILES string of the molecule is Cc1cc(NC(=O)c2cc(Br)c[nH]2)n(C)n1. The number of nitrogens with one attached hydrogen (secondary N) is 2. The van der Waals surface area contributed by atoms with Crippen LogP contribution in [0.5, 0.6) is 0 Å². The van der Waals surface area contributed by atoms with Gasteiger partial charge in [0, 0.05) is 23.8 Å². The molecule has 0 atom stereocenters. The third kappa shape index (κ3) is 2.16. The predicted octanol–water partition coefficient (Wildman–Crippen LogP) is 2.07. The van der Waals surface area contributed by atoms with E-state index >= 15 is 0 Å². The number of hydrogen-bond donors (Lipinski definition) is 2. The van der Waals surface area contributed by atoms with Crippen LogP contribution in [0.4, 0.5) is 5.82 Å². The minimum Gasteiger partial charge on any atom is -0.356 e. The lowest BCUT2D eigenvalue weighted by Gasteiger charge is -2.02. The molecule has 0 radical (unpaired) electrons. The summed E-state index contributed by atoms with van der Waals surface area (Å²) in [7, 11) is 1.78. The Morgan fingerprint density at radius 2 is 2.31 bits per heavy atom. The van der Waals surface area contributed by atoms with Crippen LogP contribution in [-0.4, -0.2) is 20.7 Å². The van der Waals surface area contributed by atoms with Gasteiger partial charge in [-0.2, -0.15) is 5.10 Å². The van der Waals surface area contributed by atoms with E-state index < -0.39 is 0 Å². The number of anilines is 1. The topological polar surface area (TPSA) is 62.7 Å². The Morgan fingerprint density at radius 1 is 1.56 bits per heavy atom. The summed E-state index contributed by atoms with van der Waals surface area (Å²) in [6.45, 7) is 1.88. The largest absolute Gasteiger partial charge is 0.356 e. The van der Waals surface area contributed by atoms with Gasteiger partial charge in [-0.1, -0.05) is 0 Å². The number of halogens is 1. The lowest BCUT2D eigenvalue weighted by molar-refractivity contribution is 0.102. The fourth-order valence-corrected chi connectivity index (χ4v) is 1.75. The number of aromatic amines is 1. The van der Waals surface area contributed by atoms with Crippen LogP contribution in [0.2, 0.25) is 0 Å². The summed E-state index contributed by atoms with van der Waals surface area (Å²) in [5, 5.41) is 6.92. The van der Waals surface area contributed by atoms with Crippen molar-refractivity contribution in [1.29, 1.82) is 0 Å². The monoisotopic (exact) mass is 282 g/mol. The Labute approximate surface area is 101 Å². The number of carbonyl (C=O) groups is 1. The summed E-state index contributed by atoms with van der Waals surface area (Å²) in [6.07, 6.45) is 1.71. The molecule has 0 unspecified atom stereocenters. The van der Waals surface area contributed by atoms with Gasteiger partial charge in [0.1, 0.15) is 11.5 Å². The van der Waals surface area contributed by atoms with Crippen LogP contribution in [0, 0.1) is 6.92 Å². The fraction of sp³-hybridized carbons (Fsp3) is 0.200. The molecule has 2 aromatic heterocycles. The van der Waals surface area contributed by atoms with Crippen LogP contribution >= 0.6 is 15.9 Å². The van der Waals surface area contributed by atoms with E-state index in [9.17, 15) is 4.79 Å². The molecule has 0 aliphatic heterocycles. The molecule has 0 aliphatic carbocycles. The third-order valence-corrected chi connectivity index (χ3v) is 2.59. The van der Waals surface area contributed by atoms with Gasteiger partial charge in [0.05, 0.1) is 5.69 Å². The Morgan fingerprint density at radius 3 is 2.81 bits per heavy atom. The minimum atomic E-state index is -0.186. The summed E-state index contributed by atoms with van der Waals surface area (Å²) < 4.78 is 2.48. The Kier molecular flexibility index (Phi) is 2.82. The summed E-state index contributed by atoms with van der Waals surface area (Å²) in [6, 6.07) is 3.54. The lowest BCUT2D eigenvalue weighted by atomic mass is 10.4. The molecule has 0 saturated carbocycles. The van der Waals surface area contributed by atoms with Gasteiger partial charge in [-0.05, 0) is 28.9 Å². The first-order valence-electron chi connectivity index (χ1n) is 4.72. The molecule has 0 spiro atoms. The molecule has 1 amide bonds. The number of amides is 1. The molecule has 2 N–H and O–H groups in total. The van der Waals surface area contributed by atoms with Crippen molar-refractivity contribution in [2.75, 3.05) is 5.32 Å². The maximum atomic E-state index is 11.8. The second-order valence-corrected chi connectivity index (χ2v) is 4.40. The van der Waals surface area contributed by atoms with E-state index in [0.29, 0.717) is 11.5 Å². The van der Waals surface area contributed by atoms with Crippen molar-refractivity contribution >= 4 is 27.7 Å². The summed E-state index contributed by atoms with van der Waals surface area (Å²) in [5.41, 5.74) is 1.37. The maximum absolute atomic E-state index is 11.8. The highest BCUT2D eigenvalue weighted by atomic mass is 79.9. The third-order valence-electron chi connectivity index (χ3n) is 2.14. The number of carbonyl (C=O) groups excluding carboxylic acids is 1. The number of nitrogens with zero attached hydrogens (tertiary/aromatic N) is 2. The Balaban J connectivity index is 2.16. The van der Waals surface area contributed by atoms with Gasteiger partial charge in [-0.25, -0.2) is 0 Å². The van der Waals surface area contributed by atoms with Gasteiger partial charge in [-0.3, -0.25) is 9.48 Å². The lowest BCUT2D eigenvalue weighted by Crippen LogP contribution is -2.14. The highest BCUT2D eigenvalue weighted by Crippen LogP contribution is 2.13. The molecule has 0 fully saturated rings. The van der Waals surface area contributed by atoms with Crippen molar-refractivity contribution in [2.24, 2.45) is 7.05 Å². The first-order chi connectivity index (χ1) is 7.56. The number of rotatable bonds is 2. The van der Waals surface area contributed by atoms with Crippen molar-refractivity contribution < 1.29 is 4.79 Å². The van der Waals surface area contributed by atoms with E-state index in [-0.39, 0.29) is 5.91 Å². The molecule has 16 heavy (non-hydrogen) atoms. The molecule has 0 bridgehead atoms. The van der Waals surface area contributed by atoms with Crippen LogP contribution in [-0.2, 0) is 7.05 Å². The van der Waals surface area contributed by atoms with Crippen molar-refractivity contribution in [1.82, 2.24) is 14.8 Å². The van der Waals surface area contributed by atoms with Crippen LogP contribution in [0.25, 0.3) is 0 Å². The van der Waals surface area contributed by atoms with E-state index in [2.05, 4.69) is 31.3 Å². The molecule has 5 nitrogen and oxygen atoms in total. The number of H-pyrrole nitrogens is 1. The second kappa shape index (κ2) is 4.13. The zero-order valence-corrected chi connectivity index (χ0v) is 10.5. The Bertz CT molecular complexity index is 529. The molecule has 0 saturated heterocycles. The summed E-state index contributed by atoms with van der Waals surface area (Å²) in [5.74, 6) is 0.488. The van der Waals surface area contributed by atoms with Gasteiger partial charge < -0.3 is 10.3 Å². The molecular formula is C10H11BrN4O. The highest BCUT2D eigenvalue weighted by molar-refractivity contribution is 9.10. The predicted molar refractivity (Wildman–Crippen MR) is 64.4 cm³/mol. The van der Waals surface area contributed by atoms with Crippen LogP contribution in [0.1, 0.15) is 16.2 Å². The maximum Gasteiger partial charge on any atom is 0.273 e. The molecule has 2 aromatic rings. The first kappa shape index (κ1) is 10.9. The fourth-order valence-electron chi connectivity index (χ4n) is 1.41. The molecule has 0 aliphatic rings. The molecule has 0 aromatic carbocycles. The van der Waals surface area contributed by atoms with Crippen LogP contribution < -0.4 is 5.32 Å². The van der Waals surface area contributed by atoms with E-state index in [1.807, 2.05) is 13.0 Å². The van der Waals surface area contributed by atoms with Gasteiger partial charge >= 0.3 is 0 Å². The molecular weight excluding hydrogens is 272 g/mol. The number of aromatic nitrogens is 3. The van der Waals surface area contributed by atoms with Gasteiger partial charge in [-0.15, -0.1) is 0 Å². The number of aryl methyl sites for hydroxylation is 2. The second-order valence-electron chi connectivity index (χ2n) is 3.48. The molecule has 2 heterocycles. The van der Waals surface area contributed by atoms with E-state index in [4.69, 9.17) is 0 Å². The van der Waals surface area contributed by atoms with Gasteiger partial charge in [0.15, 0.2) is 0 Å². The quantitative estimate of drug-likeness (QED) is 0.886. The standard InChI is InChI=1S/C10H11BrN4O/c1-6-3-9(15(2)14-6)13-10(16)8-4-7(11)5-12-8/h3-5,12H,1-2H3,(H,13,16). The first-order valence-corrected chi connectivity index (χ1v) is 5.51. The van der Waals surface area contributed by atoms with Gasteiger partial charge in [0.25, 0.3) is 5.91 Å². The van der Waals surface area contributed by atoms with E-state index in [1.54, 1.807) is 24.0 Å². The highest BCUT2D eigenvalue weighted by Gasteiger charge is 2.10. The van der Waals surface area contributed by atoms with Crippen LogP contribution in [0.15, 0.2) is 22.8 Å². The molecule has 6 heteroatoms. The van der Waals surface area contributed by atoms with Crippen molar-refractivity contribution in [3.05, 3.63) is 34.2 Å². The van der Waals surface area contributed by atoms with E-state index in [1.165, 1.54) is 0 Å². The normalized spacial score (nSPS) is 10.4. The summed E-state index contributed by atoms with van der Waals surface area (Å²) in [4.78, 5) is 14.6. The molecule has 2 rings (SSSR count). The average Bonchev–Trinajstić information content (AvgIpc) is 2.74. The van der Waals surface area contributed by atoms with Gasteiger partial charge in [0.2, 0.25) is 0 Å². The Hall–Kier alpha value is -1.56. The molecule has 84 valence electrons. The zero-order valence-electron chi connectivity index (χ0n) is 8.91. The number of hydrogen-bond acceptors (Lipinski definition) is 2. The van der Waals surface area contributed by atoms with Crippen molar-refractivity contribution in [3.63, 3.8) is 0 Å². The van der Waals surface area contributed by atoms with Crippen molar-refractivity contribution in [3.8, 4) is 0 Å². The average molecular weight is 283 g/mol. The van der Waals surface area contributed by atoms with E-state index in [0.717, 1.165) is 10.2 Å². The summed E-state index contributed by atoms with van der Waals surface area (Å²) >= 11 is 3.28. The zero-order chi connectivity index (χ0) is 11.7. The smallest absolute Gasteiger partial charge is 0.273 e. The van der Waals surface area contributed by atoms with Crippen LogP contribution in [0.3, 0.4) is 0 Å².